The van der Waals surface area contributed by atoms with Gasteiger partial charge in [-0.2, -0.15) is 10.4 Å². The summed E-state index contributed by atoms with van der Waals surface area (Å²) in [5, 5.41) is 19.2. The third-order valence-electron chi connectivity index (χ3n) is 2.73. The zero-order valence-electron chi connectivity index (χ0n) is 12.0. The summed E-state index contributed by atoms with van der Waals surface area (Å²) in [5.41, 5.74) is 7.34. The number of anilines is 1. The van der Waals surface area contributed by atoms with E-state index in [9.17, 15) is 8.78 Å². The lowest BCUT2D eigenvalue weighted by Crippen LogP contribution is -2.21. The van der Waals surface area contributed by atoms with E-state index in [0.29, 0.717) is 0 Å². The van der Waals surface area contributed by atoms with Crippen molar-refractivity contribution in [1.82, 2.24) is 0 Å². The predicted octanol–water partition coefficient (Wildman–Crippen LogP) is 3.64. The van der Waals surface area contributed by atoms with Gasteiger partial charge in [0.25, 0.3) is 0 Å². The average molecular weight is 350 g/mol. The van der Waals surface area contributed by atoms with E-state index in [1.807, 2.05) is 0 Å². The third-order valence-corrected chi connectivity index (χ3v) is 3.02. The monoisotopic (exact) mass is 349 g/mol. The van der Waals surface area contributed by atoms with Gasteiger partial charge in [-0.05, 0) is 24.3 Å². The second-order valence-corrected chi connectivity index (χ2v) is 4.80. The molecule has 0 aliphatic rings. The van der Waals surface area contributed by atoms with Gasteiger partial charge in [0, 0.05) is 6.07 Å². The van der Waals surface area contributed by atoms with Crippen LogP contribution in [0.5, 0.6) is 11.5 Å². The minimum atomic E-state index is -0.800. The first kappa shape index (κ1) is 17.2. The van der Waals surface area contributed by atoms with Crippen molar-refractivity contribution < 1.29 is 13.5 Å². The van der Waals surface area contributed by atoms with Crippen LogP contribution < -0.4 is 15.9 Å². The number of amidine groups is 1. The van der Waals surface area contributed by atoms with Crippen molar-refractivity contribution in [2.75, 3.05) is 5.43 Å². The first-order chi connectivity index (χ1) is 11.4. The first-order valence-corrected chi connectivity index (χ1v) is 6.79. The average Bonchev–Trinajstić information content (AvgIpc) is 2.54. The topological polar surface area (TPSA) is 107 Å². The Balaban J connectivity index is 2.20. The highest BCUT2D eigenvalue weighted by atomic mass is 35.5. The van der Waals surface area contributed by atoms with Gasteiger partial charge in [0.1, 0.15) is 6.07 Å². The number of benzene rings is 2. The zero-order chi connectivity index (χ0) is 17.7. The quantitative estimate of drug-likeness (QED) is 0.435. The molecule has 6 nitrogen and oxygen atoms in total. The van der Waals surface area contributed by atoms with Crippen molar-refractivity contribution in [1.29, 1.82) is 10.7 Å². The number of nitrogens with two attached hydrogens (primary N) is 1. The second-order valence-electron chi connectivity index (χ2n) is 4.40. The molecule has 0 aromatic heterocycles. The SMILES string of the molecule is N#C/C(=N\Nc1ccc(Oc2cccc(Cl)c2F)c(F)c1)C(=N)N. The molecule has 0 heterocycles. The van der Waals surface area contributed by atoms with Crippen molar-refractivity contribution in [2.24, 2.45) is 10.8 Å². The minimum Gasteiger partial charge on any atom is -0.451 e. The molecule has 0 aliphatic carbocycles. The van der Waals surface area contributed by atoms with Crippen molar-refractivity contribution in [2.45, 2.75) is 0 Å². The summed E-state index contributed by atoms with van der Waals surface area (Å²) in [7, 11) is 0. The van der Waals surface area contributed by atoms with Crippen LogP contribution >= 0.6 is 11.6 Å². The Hall–Kier alpha value is -3.18. The van der Waals surface area contributed by atoms with Gasteiger partial charge in [-0.1, -0.05) is 17.7 Å². The number of hydrogen-bond donors (Lipinski definition) is 3. The number of nitrogens with one attached hydrogen (secondary N) is 2. The van der Waals surface area contributed by atoms with Crippen molar-refractivity contribution in [3.63, 3.8) is 0 Å². The van der Waals surface area contributed by atoms with Crippen molar-refractivity contribution >= 4 is 28.8 Å². The maximum Gasteiger partial charge on any atom is 0.201 e. The number of nitrogens with zero attached hydrogens (tertiary/aromatic N) is 2. The first-order valence-electron chi connectivity index (χ1n) is 6.42. The van der Waals surface area contributed by atoms with Crippen LogP contribution in [-0.2, 0) is 0 Å². The molecule has 0 saturated carbocycles. The second kappa shape index (κ2) is 7.39. The fourth-order valence-corrected chi connectivity index (χ4v) is 1.77. The van der Waals surface area contributed by atoms with Crippen molar-refractivity contribution in [3.05, 3.63) is 53.1 Å². The van der Waals surface area contributed by atoms with E-state index < -0.39 is 17.5 Å². The highest BCUT2D eigenvalue weighted by Crippen LogP contribution is 2.31. The van der Waals surface area contributed by atoms with Gasteiger partial charge in [0.2, 0.25) is 5.71 Å². The molecule has 0 spiro atoms. The van der Waals surface area contributed by atoms with Crippen LogP contribution in [0.2, 0.25) is 5.02 Å². The van der Waals surface area contributed by atoms with Crippen LogP contribution in [0.25, 0.3) is 0 Å². The summed E-state index contributed by atoms with van der Waals surface area (Å²) in [6.45, 7) is 0. The Morgan fingerprint density at radius 1 is 1.29 bits per heavy atom. The smallest absolute Gasteiger partial charge is 0.201 e. The number of nitriles is 1. The van der Waals surface area contributed by atoms with E-state index in [0.717, 1.165) is 6.07 Å². The van der Waals surface area contributed by atoms with Gasteiger partial charge >= 0.3 is 0 Å². The molecule has 2 rings (SSSR count). The Bertz CT molecular complexity index is 863. The summed E-state index contributed by atoms with van der Waals surface area (Å²) in [4.78, 5) is 0. The van der Waals surface area contributed by atoms with Gasteiger partial charge in [-0.3, -0.25) is 10.8 Å². The minimum absolute atomic E-state index is 0.145. The van der Waals surface area contributed by atoms with Crippen LogP contribution in [0.15, 0.2) is 41.5 Å². The maximum absolute atomic E-state index is 14.0. The molecule has 2 aromatic carbocycles. The molecule has 122 valence electrons. The Labute approximate surface area is 140 Å². The van der Waals surface area contributed by atoms with E-state index in [1.54, 1.807) is 6.07 Å². The van der Waals surface area contributed by atoms with E-state index in [4.69, 9.17) is 32.7 Å². The molecule has 0 saturated heterocycles. The molecule has 0 atom stereocenters. The Kier molecular flexibility index (Phi) is 5.29. The fraction of sp³-hybridized carbons (Fsp3) is 0. The number of ether oxygens (including phenoxy) is 1. The van der Waals surface area contributed by atoms with Crippen LogP contribution in [0, 0.1) is 28.4 Å². The van der Waals surface area contributed by atoms with Crippen molar-refractivity contribution in [3.8, 4) is 17.6 Å². The molecule has 4 N–H and O–H groups in total. The molecule has 0 fully saturated rings. The standard InChI is InChI=1S/C15H10ClF2N5O/c16-9-2-1-3-13(14(9)18)24-12-5-4-8(6-10(12)17)22-23-11(7-19)15(20)21/h1-6,22H,(H3,20,21)/b23-11+. The summed E-state index contributed by atoms with van der Waals surface area (Å²) >= 11 is 5.63. The molecule has 24 heavy (non-hydrogen) atoms. The van der Waals surface area contributed by atoms with Gasteiger partial charge in [0.15, 0.2) is 29.0 Å². The summed E-state index contributed by atoms with van der Waals surface area (Å²) in [5.74, 6) is -2.57. The molecule has 0 amide bonds. The molecule has 0 unspecified atom stereocenters. The fourth-order valence-electron chi connectivity index (χ4n) is 1.60. The van der Waals surface area contributed by atoms with Gasteiger partial charge < -0.3 is 10.5 Å². The van der Waals surface area contributed by atoms with Crippen LogP contribution in [0.1, 0.15) is 0 Å². The molecule has 0 bridgehead atoms. The number of hydrogen-bond acceptors (Lipinski definition) is 5. The summed E-state index contributed by atoms with van der Waals surface area (Å²) < 4.78 is 32.9. The number of rotatable bonds is 5. The molecule has 0 radical (unpaired) electrons. The molecule has 9 heteroatoms. The molecular formula is C15H10ClF2N5O. The predicted molar refractivity (Wildman–Crippen MR) is 86.5 cm³/mol. The lowest BCUT2D eigenvalue weighted by molar-refractivity contribution is 0.415. The third kappa shape index (κ3) is 3.97. The van der Waals surface area contributed by atoms with Crippen LogP contribution in [0.3, 0.4) is 0 Å². The van der Waals surface area contributed by atoms with Crippen LogP contribution in [-0.4, -0.2) is 11.5 Å². The van der Waals surface area contributed by atoms with E-state index in [1.165, 1.54) is 30.3 Å². The zero-order valence-corrected chi connectivity index (χ0v) is 12.7. The highest BCUT2D eigenvalue weighted by Gasteiger charge is 2.12. The van der Waals surface area contributed by atoms with Gasteiger partial charge in [-0.15, -0.1) is 0 Å². The summed E-state index contributed by atoms with van der Waals surface area (Å²) in [6.07, 6.45) is 0. The lowest BCUT2D eigenvalue weighted by Gasteiger charge is -2.09. The van der Waals surface area contributed by atoms with Gasteiger partial charge in [0.05, 0.1) is 10.7 Å². The largest absolute Gasteiger partial charge is 0.451 e. The molecule has 0 aliphatic heterocycles. The van der Waals surface area contributed by atoms with Gasteiger partial charge in [-0.25, -0.2) is 8.78 Å². The Morgan fingerprint density at radius 2 is 2.04 bits per heavy atom. The summed E-state index contributed by atoms with van der Waals surface area (Å²) in [6, 6.07) is 9.38. The van der Waals surface area contributed by atoms with E-state index in [-0.39, 0.29) is 27.9 Å². The normalized spacial score (nSPS) is 10.8. The van der Waals surface area contributed by atoms with E-state index >= 15 is 0 Å². The number of hydrazone groups is 1. The Morgan fingerprint density at radius 3 is 2.67 bits per heavy atom. The molecule has 2 aromatic rings. The lowest BCUT2D eigenvalue weighted by atomic mass is 10.3. The van der Waals surface area contributed by atoms with Crippen LogP contribution in [0.4, 0.5) is 14.5 Å². The van der Waals surface area contributed by atoms with E-state index in [2.05, 4.69) is 10.5 Å². The molecular weight excluding hydrogens is 340 g/mol. The highest BCUT2D eigenvalue weighted by molar-refractivity contribution is 6.45. The number of halogens is 3. The maximum atomic E-state index is 14.0.